The molecule has 0 radical (unpaired) electrons. The number of carbonyl (C=O) groups is 2. The van der Waals surface area contributed by atoms with Crippen LogP contribution in [0.5, 0.6) is 11.5 Å². The van der Waals surface area contributed by atoms with Gasteiger partial charge >= 0.3 is 6.18 Å². The zero-order valence-electron chi connectivity index (χ0n) is 22.2. The summed E-state index contributed by atoms with van der Waals surface area (Å²) in [5.41, 5.74) is 6.94. The van der Waals surface area contributed by atoms with Gasteiger partial charge in [-0.1, -0.05) is 0 Å². The van der Waals surface area contributed by atoms with Crippen molar-refractivity contribution < 1.29 is 36.6 Å². The van der Waals surface area contributed by atoms with Gasteiger partial charge in [-0.3, -0.25) is 9.59 Å². The van der Waals surface area contributed by atoms with Crippen LogP contribution in [-0.2, 0) is 4.79 Å². The maximum absolute atomic E-state index is 14.5. The summed E-state index contributed by atoms with van der Waals surface area (Å²) < 4.78 is 69.6. The van der Waals surface area contributed by atoms with Crippen molar-refractivity contribution in [1.29, 1.82) is 0 Å². The number of ether oxygens (including phenoxy) is 2. The second-order valence-electron chi connectivity index (χ2n) is 10.4. The summed E-state index contributed by atoms with van der Waals surface area (Å²) in [6.45, 7) is -1.02. The number of methoxy groups -OCH3 is 1. The molecule has 42 heavy (non-hydrogen) atoms. The molecule has 4 heterocycles. The Bertz CT molecular complexity index is 1700. The maximum atomic E-state index is 14.5. The SMILES string of the molecule is COc1cc(C(=O)NC[C@H](c2cc3c(c(-c4ccc(F)cc4)n2)OC[C@H]3C(N)=O)C(F)(F)F)cn2cc(C3CC3)nc12. The van der Waals surface area contributed by atoms with E-state index in [2.05, 4.69) is 15.3 Å². The highest BCUT2D eigenvalue weighted by atomic mass is 19.4. The number of primary amides is 1. The van der Waals surface area contributed by atoms with E-state index >= 15 is 0 Å². The Kier molecular flexibility index (Phi) is 6.74. The van der Waals surface area contributed by atoms with E-state index < -0.39 is 47.9 Å². The smallest absolute Gasteiger partial charge is 0.398 e. The third-order valence-electron chi connectivity index (χ3n) is 7.49. The number of nitrogens with zero attached hydrogens (tertiary/aromatic N) is 3. The van der Waals surface area contributed by atoms with Gasteiger partial charge in [-0.25, -0.2) is 14.4 Å². The minimum Gasteiger partial charge on any atom is -0.493 e. The zero-order chi connectivity index (χ0) is 29.8. The summed E-state index contributed by atoms with van der Waals surface area (Å²) in [4.78, 5) is 34.0. The number of amides is 2. The van der Waals surface area contributed by atoms with Crippen LogP contribution in [0.3, 0.4) is 0 Å². The Hall–Kier alpha value is -4.68. The minimum absolute atomic E-state index is 0.00795. The van der Waals surface area contributed by atoms with E-state index in [0.29, 0.717) is 17.3 Å². The fourth-order valence-electron chi connectivity index (χ4n) is 5.08. The van der Waals surface area contributed by atoms with Gasteiger partial charge in [0.15, 0.2) is 11.4 Å². The second kappa shape index (κ2) is 10.3. The molecule has 1 aliphatic heterocycles. The number of halogens is 4. The molecule has 2 aliphatic rings. The highest BCUT2D eigenvalue weighted by molar-refractivity contribution is 5.95. The van der Waals surface area contributed by atoms with Crippen molar-refractivity contribution in [3.8, 4) is 22.8 Å². The van der Waals surface area contributed by atoms with Gasteiger partial charge in [-0.2, -0.15) is 13.2 Å². The van der Waals surface area contributed by atoms with Crippen LogP contribution >= 0.6 is 0 Å². The van der Waals surface area contributed by atoms with Crippen LogP contribution in [0.15, 0.2) is 48.8 Å². The molecule has 3 N–H and O–H groups in total. The predicted molar refractivity (Wildman–Crippen MR) is 142 cm³/mol. The molecule has 1 aromatic carbocycles. The van der Waals surface area contributed by atoms with Crippen LogP contribution in [-0.4, -0.2) is 52.6 Å². The number of rotatable bonds is 8. The minimum atomic E-state index is -4.83. The van der Waals surface area contributed by atoms with Gasteiger partial charge in [0.05, 0.1) is 24.1 Å². The van der Waals surface area contributed by atoms with Crippen LogP contribution in [0, 0.1) is 5.82 Å². The lowest BCUT2D eigenvalue weighted by atomic mass is 9.94. The van der Waals surface area contributed by atoms with Crippen LogP contribution in [0.2, 0.25) is 0 Å². The molecule has 0 unspecified atom stereocenters. The summed E-state index contributed by atoms with van der Waals surface area (Å²) in [6.07, 6.45) is 0.479. The van der Waals surface area contributed by atoms with Crippen molar-refractivity contribution in [1.82, 2.24) is 19.7 Å². The molecule has 2 amide bonds. The molecule has 1 fully saturated rings. The lowest BCUT2D eigenvalue weighted by molar-refractivity contribution is -0.149. The van der Waals surface area contributed by atoms with Crippen molar-refractivity contribution in [3.63, 3.8) is 0 Å². The van der Waals surface area contributed by atoms with Crippen LogP contribution in [0.4, 0.5) is 17.6 Å². The monoisotopic (exact) mass is 583 g/mol. The molecule has 0 bridgehead atoms. The normalized spacial score (nSPS) is 17.0. The first-order valence-corrected chi connectivity index (χ1v) is 13.2. The summed E-state index contributed by atoms with van der Waals surface area (Å²) in [5.74, 6) is -4.58. The van der Waals surface area contributed by atoms with Gasteiger partial charge in [0.2, 0.25) is 5.91 Å². The topological polar surface area (TPSA) is 121 Å². The van der Waals surface area contributed by atoms with Gasteiger partial charge < -0.3 is 24.9 Å². The molecular formula is C29H25F4N5O4. The molecule has 6 rings (SSSR count). The van der Waals surface area contributed by atoms with E-state index in [-0.39, 0.29) is 34.7 Å². The van der Waals surface area contributed by atoms with E-state index in [4.69, 9.17) is 15.2 Å². The molecule has 218 valence electrons. The van der Waals surface area contributed by atoms with E-state index in [1.54, 1.807) is 10.6 Å². The van der Waals surface area contributed by atoms with E-state index in [1.165, 1.54) is 31.5 Å². The lowest BCUT2D eigenvalue weighted by Gasteiger charge is -2.22. The van der Waals surface area contributed by atoms with Crippen molar-refractivity contribution in [3.05, 3.63) is 77.1 Å². The van der Waals surface area contributed by atoms with E-state index in [0.717, 1.165) is 36.7 Å². The molecular weight excluding hydrogens is 558 g/mol. The van der Waals surface area contributed by atoms with Gasteiger partial charge in [-0.05, 0) is 49.2 Å². The fourth-order valence-corrected chi connectivity index (χ4v) is 5.08. The average molecular weight is 584 g/mol. The largest absolute Gasteiger partial charge is 0.493 e. The number of imidazole rings is 1. The number of nitrogens with one attached hydrogen (secondary N) is 1. The number of nitrogens with two attached hydrogens (primary N) is 1. The number of benzene rings is 1. The van der Waals surface area contributed by atoms with E-state index in [9.17, 15) is 27.2 Å². The molecule has 13 heteroatoms. The predicted octanol–water partition coefficient (Wildman–Crippen LogP) is 4.46. The molecule has 1 aliphatic carbocycles. The third kappa shape index (κ3) is 5.10. The number of aromatic nitrogens is 3. The van der Waals surface area contributed by atoms with Gasteiger partial charge in [0, 0.05) is 36.0 Å². The molecule has 4 aromatic rings. The fraction of sp³-hybridized carbons (Fsp3) is 0.310. The Morgan fingerprint density at radius 2 is 1.90 bits per heavy atom. The average Bonchev–Trinajstić information content (AvgIpc) is 3.56. The van der Waals surface area contributed by atoms with Crippen LogP contribution in [0.1, 0.15) is 57.9 Å². The third-order valence-corrected chi connectivity index (χ3v) is 7.49. The number of pyridine rings is 2. The maximum Gasteiger partial charge on any atom is 0.398 e. The summed E-state index contributed by atoms with van der Waals surface area (Å²) in [5, 5.41) is 2.37. The Balaban J connectivity index is 1.34. The molecule has 0 spiro atoms. The summed E-state index contributed by atoms with van der Waals surface area (Å²) in [6, 6.07) is 7.53. The number of alkyl halides is 3. The number of hydrogen-bond acceptors (Lipinski definition) is 6. The lowest BCUT2D eigenvalue weighted by Crippen LogP contribution is -2.35. The number of hydrogen-bond donors (Lipinski definition) is 2. The quantitative estimate of drug-likeness (QED) is 0.296. The Morgan fingerprint density at radius 1 is 1.17 bits per heavy atom. The molecule has 3 aromatic heterocycles. The van der Waals surface area contributed by atoms with Gasteiger partial charge in [0.1, 0.15) is 35.7 Å². The molecule has 9 nitrogen and oxygen atoms in total. The first-order valence-electron chi connectivity index (χ1n) is 13.2. The standard InChI is InChI=1S/C29H25F4N5O4/c1-41-23-8-16(11-38-12-22(14-2-3-14)37-27(23)38)28(40)35-10-20(29(31,32)33)21-9-18-19(26(34)39)13-42-25(18)24(36-21)15-4-6-17(30)7-5-15/h4-9,11-12,14,19-20H,2-3,10,13H2,1H3,(H2,34,39)(H,35,40)/t19-,20-/m1/s1. The van der Waals surface area contributed by atoms with Crippen LogP contribution in [0.25, 0.3) is 16.9 Å². The van der Waals surface area contributed by atoms with Crippen molar-refractivity contribution in [2.45, 2.75) is 36.8 Å². The number of carbonyl (C=O) groups excluding carboxylic acids is 2. The van der Waals surface area contributed by atoms with E-state index in [1.807, 2.05) is 0 Å². The number of fused-ring (bicyclic) bond motifs is 2. The second-order valence-corrected chi connectivity index (χ2v) is 10.4. The summed E-state index contributed by atoms with van der Waals surface area (Å²) in [7, 11) is 1.42. The first kappa shape index (κ1) is 27.5. The highest BCUT2D eigenvalue weighted by Crippen LogP contribution is 2.44. The van der Waals surface area contributed by atoms with Crippen LogP contribution < -0.4 is 20.5 Å². The summed E-state index contributed by atoms with van der Waals surface area (Å²) >= 11 is 0. The highest BCUT2D eigenvalue weighted by Gasteiger charge is 2.44. The zero-order valence-corrected chi connectivity index (χ0v) is 22.2. The molecule has 1 saturated carbocycles. The van der Waals surface area contributed by atoms with Gasteiger partial charge in [-0.15, -0.1) is 0 Å². The molecule has 0 saturated heterocycles. The Labute approximate surface area is 236 Å². The van der Waals surface area contributed by atoms with Crippen molar-refractivity contribution in [2.75, 3.05) is 20.3 Å². The first-order chi connectivity index (χ1) is 20.0. The molecule has 2 atom stereocenters. The Morgan fingerprint density at radius 3 is 2.55 bits per heavy atom. The van der Waals surface area contributed by atoms with Crippen molar-refractivity contribution in [2.24, 2.45) is 5.73 Å². The van der Waals surface area contributed by atoms with Gasteiger partial charge in [0.25, 0.3) is 5.91 Å². The van der Waals surface area contributed by atoms with Crippen molar-refractivity contribution >= 4 is 17.5 Å².